The fourth-order valence-electron chi connectivity index (χ4n) is 1.16. The molecule has 0 spiro atoms. The number of hydrazine groups is 1. The smallest absolute Gasteiger partial charge is 0.191 e. The lowest BCUT2D eigenvalue weighted by molar-refractivity contribution is 0.521. The SMILES string of the molecule is Cc1nc(-c2ccnc(NN)c2)co1. The first-order valence-electron chi connectivity index (χ1n) is 4.15. The summed E-state index contributed by atoms with van der Waals surface area (Å²) >= 11 is 0. The van der Waals surface area contributed by atoms with Crippen LogP contribution in [0.15, 0.2) is 29.0 Å². The fourth-order valence-corrected chi connectivity index (χ4v) is 1.16. The molecular formula is C9H10N4O. The zero-order valence-electron chi connectivity index (χ0n) is 7.69. The molecule has 2 heterocycles. The molecule has 0 aliphatic carbocycles. The highest BCUT2D eigenvalue weighted by Crippen LogP contribution is 2.19. The standard InChI is InChI=1S/C9H10N4O/c1-6-12-8(5-14-6)7-2-3-11-9(4-7)13-10/h2-5H,10H2,1H3,(H,11,13). The second-order valence-corrected chi connectivity index (χ2v) is 2.83. The third-order valence-electron chi connectivity index (χ3n) is 1.82. The molecular weight excluding hydrogens is 180 g/mol. The Labute approximate surface area is 80.9 Å². The van der Waals surface area contributed by atoms with E-state index in [9.17, 15) is 0 Å². The Morgan fingerprint density at radius 3 is 3.00 bits per heavy atom. The Morgan fingerprint density at radius 1 is 1.50 bits per heavy atom. The Morgan fingerprint density at radius 2 is 2.36 bits per heavy atom. The molecule has 0 amide bonds. The highest BCUT2D eigenvalue weighted by molar-refractivity contribution is 5.61. The number of hydrogen-bond donors (Lipinski definition) is 2. The minimum absolute atomic E-state index is 0.600. The van der Waals surface area contributed by atoms with Crippen molar-refractivity contribution in [3.05, 3.63) is 30.5 Å². The number of rotatable bonds is 2. The van der Waals surface area contributed by atoms with Crippen LogP contribution in [0.2, 0.25) is 0 Å². The van der Waals surface area contributed by atoms with Gasteiger partial charge in [0.25, 0.3) is 0 Å². The van der Waals surface area contributed by atoms with Gasteiger partial charge in [0.05, 0.1) is 0 Å². The number of anilines is 1. The van der Waals surface area contributed by atoms with Crippen LogP contribution in [0.3, 0.4) is 0 Å². The van der Waals surface area contributed by atoms with E-state index in [4.69, 9.17) is 10.3 Å². The normalized spacial score (nSPS) is 10.1. The second kappa shape index (κ2) is 3.47. The highest BCUT2D eigenvalue weighted by Gasteiger charge is 2.03. The van der Waals surface area contributed by atoms with Crippen molar-refractivity contribution < 1.29 is 4.42 Å². The largest absolute Gasteiger partial charge is 0.449 e. The summed E-state index contributed by atoms with van der Waals surface area (Å²) in [5.41, 5.74) is 4.17. The summed E-state index contributed by atoms with van der Waals surface area (Å²) in [5, 5.41) is 0. The van der Waals surface area contributed by atoms with Crippen molar-refractivity contribution >= 4 is 5.82 Å². The van der Waals surface area contributed by atoms with Gasteiger partial charge in [-0.25, -0.2) is 15.8 Å². The van der Waals surface area contributed by atoms with Gasteiger partial charge in [-0.1, -0.05) is 0 Å². The molecule has 2 aromatic rings. The molecule has 14 heavy (non-hydrogen) atoms. The van der Waals surface area contributed by atoms with E-state index < -0.39 is 0 Å². The van der Waals surface area contributed by atoms with Gasteiger partial charge in [-0.3, -0.25) is 0 Å². The van der Waals surface area contributed by atoms with Crippen LogP contribution < -0.4 is 11.3 Å². The van der Waals surface area contributed by atoms with E-state index in [0.29, 0.717) is 11.7 Å². The molecule has 0 aliphatic rings. The number of pyridine rings is 1. The minimum atomic E-state index is 0.600. The zero-order valence-corrected chi connectivity index (χ0v) is 7.69. The molecule has 5 heteroatoms. The number of nitrogens with zero attached hydrogens (tertiary/aromatic N) is 2. The topological polar surface area (TPSA) is 77.0 Å². The van der Waals surface area contributed by atoms with Gasteiger partial charge in [-0.05, 0) is 12.1 Å². The molecule has 0 aliphatic heterocycles. The fraction of sp³-hybridized carbons (Fsp3) is 0.111. The van der Waals surface area contributed by atoms with E-state index in [1.807, 2.05) is 6.07 Å². The van der Waals surface area contributed by atoms with E-state index in [1.54, 1.807) is 25.5 Å². The van der Waals surface area contributed by atoms with Crippen LogP contribution in [0.1, 0.15) is 5.89 Å². The average molecular weight is 190 g/mol. The van der Waals surface area contributed by atoms with Crippen molar-refractivity contribution in [2.45, 2.75) is 6.92 Å². The van der Waals surface area contributed by atoms with Crippen LogP contribution in [0.5, 0.6) is 0 Å². The van der Waals surface area contributed by atoms with Gasteiger partial charge in [-0.2, -0.15) is 0 Å². The van der Waals surface area contributed by atoms with Crippen LogP contribution in [-0.4, -0.2) is 9.97 Å². The average Bonchev–Trinajstić information content (AvgIpc) is 2.65. The second-order valence-electron chi connectivity index (χ2n) is 2.83. The summed E-state index contributed by atoms with van der Waals surface area (Å²) in [5.74, 6) is 6.48. The summed E-state index contributed by atoms with van der Waals surface area (Å²) in [4.78, 5) is 8.19. The van der Waals surface area contributed by atoms with Crippen molar-refractivity contribution in [2.75, 3.05) is 5.43 Å². The van der Waals surface area contributed by atoms with Crippen molar-refractivity contribution in [3.63, 3.8) is 0 Å². The molecule has 0 atom stereocenters. The quantitative estimate of drug-likeness (QED) is 0.551. The van der Waals surface area contributed by atoms with Gasteiger partial charge in [0.2, 0.25) is 0 Å². The molecule has 0 fully saturated rings. The van der Waals surface area contributed by atoms with Crippen LogP contribution >= 0.6 is 0 Å². The number of aryl methyl sites for hydroxylation is 1. The van der Waals surface area contributed by atoms with E-state index in [2.05, 4.69) is 15.4 Å². The Hall–Kier alpha value is -1.88. The molecule has 3 N–H and O–H groups in total. The van der Waals surface area contributed by atoms with Gasteiger partial charge in [0.1, 0.15) is 17.8 Å². The third-order valence-corrected chi connectivity index (χ3v) is 1.82. The Kier molecular flexibility index (Phi) is 2.16. The van der Waals surface area contributed by atoms with E-state index in [-0.39, 0.29) is 0 Å². The number of nitrogen functional groups attached to an aromatic ring is 1. The van der Waals surface area contributed by atoms with Gasteiger partial charge in [0, 0.05) is 18.7 Å². The monoisotopic (exact) mass is 190 g/mol. The summed E-state index contributed by atoms with van der Waals surface area (Å²) < 4.78 is 5.11. The summed E-state index contributed by atoms with van der Waals surface area (Å²) in [6.45, 7) is 1.80. The lowest BCUT2D eigenvalue weighted by Gasteiger charge is -1.99. The predicted molar refractivity (Wildman–Crippen MR) is 52.3 cm³/mol. The number of oxazole rings is 1. The lowest BCUT2D eigenvalue weighted by atomic mass is 10.2. The number of aromatic nitrogens is 2. The Balaban J connectivity index is 2.41. The first kappa shape index (κ1) is 8.71. The molecule has 0 saturated heterocycles. The van der Waals surface area contributed by atoms with Crippen LogP contribution in [-0.2, 0) is 0 Å². The van der Waals surface area contributed by atoms with E-state index in [0.717, 1.165) is 11.3 Å². The maximum Gasteiger partial charge on any atom is 0.191 e. The van der Waals surface area contributed by atoms with Crippen molar-refractivity contribution in [1.82, 2.24) is 9.97 Å². The van der Waals surface area contributed by atoms with E-state index in [1.165, 1.54) is 0 Å². The van der Waals surface area contributed by atoms with Gasteiger partial charge in [-0.15, -0.1) is 0 Å². The van der Waals surface area contributed by atoms with Crippen molar-refractivity contribution in [1.29, 1.82) is 0 Å². The van der Waals surface area contributed by atoms with Crippen LogP contribution in [0.25, 0.3) is 11.3 Å². The maximum absolute atomic E-state index is 5.25. The molecule has 2 rings (SSSR count). The van der Waals surface area contributed by atoms with Crippen LogP contribution in [0, 0.1) is 6.92 Å². The summed E-state index contributed by atoms with van der Waals surface area (Å²) in [6, 6.07) is 3.65. The highest BCUT2D eigenvalue weighted by atomic mass is 16.3. The van der Waals surface area contributed by atoms with Crippen molar-refractivity contribution in [2.24, 2.45) is 5.84 Å². The molecule has 0 unspecified atom stereocenters. The molecule has 0 saturated carbocycles. The van der Waals surface area contributed by atoms with Crippen molar-refractivity contribution in [3.8, 4) is 11.3 Å². The minimum Gasteiger partial charge on any atom is -0.449 e. The molecule has 0 radical (unpaired) electrons. The third kappa shape index (κ3) is 1.57. The predicted octanol–water partition coefficient (Wildman–Crippen LogP) is 1.33. The molecule has 2 aromatic heterocycles. The maximum atomic E-state index is 5.25. The first-order valence-corrected chi connectivity index (χ1v) is 4.15. The summed E-state index contributed by atoms with van der Waals surface area (Å²) in [6.07, 6.45) is 3.26. The van der Waals surface area contributed by atoms with Gasteiger partial charge >= 0.3 is 0 Å². The summed E-state index contributed by atoms with van der Waals surface area (Å²) in [7, 11) is 0. The first-order chi connectivity index (χ1) is 6.79. The number of nitrogens with one attached hydrogen (secondary N) is 1. The van der Waals surface area contributed by atoms with Crippen LogP contribution in [0.4, 0.5) is 5.82 Å². The molecule has 72 valence electrons. The molecule has 5 nitrogen and oxygen atoms in total. The van der Waals surface area contributed by atoms with Gasteiger partial charge in [0.15, 0.2) is 5.89 Å². The number of hydrogen-bond acceptors (Lipinski definition) is 5. The van der Waals surface area contributed by atoms with E-state index >= 15 is 0 Å². The molecule has 0 aromatic carbocycles. The zero-order chi connectivity index (χ0) is 9.97. The lowest BCUT2D eigenvalue weighted by Crippen LogP contribution is -2.08. The number of nitrogens with two attached hydrogens (primary N) is 1. The Bertz CT molecular complexity index is 438. The molecule has 0 bridgehead atoms. The van der Waals surface area contributed by atoms with Gasteiger partial charge < -0.3 is 9.84 Å².